The maximum absolute atomic E-state index is 12.6. The van der Waals surface area contributed by atoms with Gasteiger partial charge in [0.1, 0.15) is 34.1 Å². The van der Waals surface area contributed by atoms with Crippen LogP contribution in [-0.2, 0) is 4.74 Å². The fourth-order valence-electron chi connectivity index (χ4n) is 2.79. The lowest BCUT2D eigenvalue weighted by atomic mass is 10.0. The van der Waals surface area contributed by atoms with Gasteiger partial charge in [-0.05, 0) is 64.8 Å². The Balaban J connectivity index is 2.45. The fraction of sp³-hybridized carbons (Fsp3) is 0.333. The van der Waals surface area contributed by atoms with Crippen LogP contribution in [0.15, 0.2) is 12.1 Å². The second-order valence-electron chi connectivity index (χ2n) is 6.94. The Morgan fingerprint density at radius 1 is 0.821 bits per heavy atom. The van der Waals surface area contributed by atoms with Crippen LogP contribution >= 0.6 is 0 Å². The molecule has 0 fully saturated rings. The predicted octanol–water partition coefficient (Wildman–Crippen LogP) is 3.82. The van der Waals surface area contributed by atoms with Crippen LogP contribution < -0.4 is 4.74 Å². The van der Waals surface area contributed by atoms with Crippen molar-refractivity contribution in [1.82, 2.24) is 0 Å². The number of aryl methyl sites for hydroxylation is 2. The summed E-state index contributed by atoms with van der Waals surface area (Å²) in [5, 5.41) is 30.4. The number of benzene rings is 2. The van der Waals surface area contributed by atoms with Crippen molar-refractivity contribution in [2.45, 2.75) is 47.6 Å². The molecule has 7 nitrogen and oxygen atoms in total. The van der Waals surface area contributed by atoms with Crippen LogP contribution in [0.25, 0.3) is 0 Å². The van der Waals surface area contributed by atoms with Crippen molar-refractivity contribution >= 4 is 11.9 Å². The molecule has 0 saturated heterocycles. The Bertz CT molecular complexity index is 958. The first-order valence-corrected chi connectivity index (χ1v) is 8.74. The van der Waals surface area contributed by atoms with Gasteiger partial charge in [-0.1, -0.05) is 0 Å². The lowest BCUT2D eigenvalue weighted by Gasteiger charge is -2.17. The van der Waals surface area contributed by atoms with E-state index in [9.17, 15) is 24.9 Å². The van der Waals surface area contributed by atoms with Crippen molar-refractivity contribution in [2.75, 3.05) is 0 Å². The smallest absolute Gasteiger partial charge is 0.347 e. The molecule has 28 heavy (non-hydrogen) atoms. The minimum absolute atomic E-state index is 0.00510. The highest BCUT2D eigenvalue weighted by Gasteiger charge is 2.25. The van der Waals surface area contributed by atoms with E-state index in [1.54, 1.807) is 27.7 Å². The molecule has 0 atom stereocenters. The van der Waals surface area contributed by atoms with Crippen molar-refractivity contribution in [3.05, 3.63) is 45.5 Å². The third-order valence-electron chi connectivity index (χ3n) is 4.38. The SMILES string of the molecule is Cc1cc(O)c(C)c(O)c1C(=O)Oc1cc(C)c(C(=O)OC(C)C)c(O)c1C. The van der Waals surface area contributed by atoms with E-state index in [1.807, 2.05) is 0 Å². The zero-order valence-electron chi connectivity index (χ0n) is 16.7. The lowest BCUT2D eigenvalue weighted by molar-refractivity contribution is 0.0373. The van der Waals surface area contributed by atoms with Gasteiger partial charge < -0.3 is 24.8 Å². The molecule has 0 saturated carbocycles. The van der Waals surface area contributed by atoms with E-state index >= 15 is 0 Å². The number of hydrogen-bond acceptors (Lipinski definition) is 7. The zero-order valence-corrected chi connectivity index (χ0v) is 16.7. The molecule has 0 spiro atoms. The van der Waals surface area contributed by atoms with Gasteiger partial charge in [-0.2, -0.15) is 0 Å². The Kier molecular flexibility index (Phi) is 5.87. The number of esters is 2. The van der Waals surface area contributed by atoms with Crippen molar-refractivity contribution in [3.8, 4) is 23.0 Å². The molecule has 0 heterocycles. The minimum Gasteiger partial charge on any atom is -0.508 e. The second-order valence-corrected chi connectivity index (χ2v) is 6.94. The molecular formula is C21H24O7. The first kappa shape index (κ1) is 21.1. The molecule has 150 valence electrons. The summed E-state index contributed by atoms with van der Waals surface area (Å²) in [5.74, 6) is -2.32. The Hall–Kier alpha value is -3.22. The molecular weight excluding hydrogens is 364 g/mol. The van der Waals surface area contributed by atoms with Crippen LogP contribution in [0.3, 0.4) is 0 Å². The second kappa shape index (κ2) is 7.80. The number of carbonyl (C=O) groups excluding carboxylic acids is 2. The quantitative estimate of drug-likeness (QED) is 0.539. The molecule has 0 aliphatic carbocycles. The van der Waals surface area contributed by atoms with E-state index in [-0.39, 0.29) is 51.4 Å². The van der Waals surface area contributed by atoms with Crippen molar-refractivity contribution < 1.29 is 34.4 Å². The molecule has 3 N–H and O–H groups in total. The summed E-state index contributed by atoms with van der Waals surface area (Å²) in [7, 11) is 0. The van der Waals surface area contributed by atoms with Gasteiger partial charge in [0, 0.05) is 11.1 Å². The molecule has 0 aromatic heterocycles. The number of aromatic hydroxyl groups is 3. The average Bonchev–Trinajstić information content (AvgIpc) is 2.56. The van der Waals surface area contributed by atoms with Gasteiger partial charge in [-0.3, -0.25) is 0 Å². The first-order valence-electron chi connectivity index (χ1n) is 8.74. The zero-order chi connectivity index (χ0) is 21.3. The van der Waals surface area contributed by atoms with Crippen LogP contribution in [0.4, 0.5) is 0 Å². The van der Waals surface area contributed by atoms with Gasteiger partial charge in [-0.25, -0.2) is 9.59 Å². The summed E-state index contributed by atoms with van der Waals surface area (Å²) < 4.78 is 10.5. The number of carbonyl (C=O) groups is 2. The molecule has 2 rings (SSSR count). The minimum atomic E-state index is -0.850. The highest BCUT2D eigenvalue weighted by atomic mass is 16.5. The van der Waals surface area contributed by atoms with Gasteiger partial charge in [0.15, 0.2) is 0 Å². The standard InChI is InChI=1S/C21H24O7/c1-9(2)27-20(25)17-11(4)8-15(13(6)19(17)24)28-21(26)16-10(3)7-14(22)12(5)18(16)23/h7-9,22-24H,1-6H3. The molecule has 0 unspecified atom stereocenters. The number of phenols is 3. The summed E-state index contributed by atoms with van der Waals surface area (Å²) in [6, 6.07) is 2.80. The van der Waals surface area contributed by atoms with Crippen LogP contribution in [0.5, 0.6) is 23.0 Å². The Morgan fingerprint density at radius 3 is 1.89 bits per heavy atom. The molecule has 2 aromatic carbocycles. The number of rotatable bonds is 4. The molecule has 0 amide bonds. The van der Waals surface area contributed by atoms with E-state index in [0.29, 0.717) is 11.1 Å². The summed E-state index contributed by atoms with van der Waals surface area (Å²) in [6.45, 7) is 9.50. The third kappa shape index (κ3) is 3.88. The predicted molar refractivity (Wildman–Crippen MR) is 102 cm³/mol. The Labute approximate surface area is 163 Å². The van der Waals surface area contributed by atoms with Crippen LogP contribution in [0, 0.1) is 27.7 Å². The topological polar surface area (TPSA) is 113 Å². The lowest BCUT2D eigenvalue weighted by Crippen LogP contribution is -2.15. The van der Waals surface area contributed by atoms with Crippen molar-refractivity contribution in [2.24, 2.45) is 0 Å². The summed E-state index contributed by atoms with van der Waals surface area (Å²) >= 11 is 0. The van der Waals surface area contributed by atoms with Gasteiger partial charge >= 0.3 is 11.9 Å². The van der Waals surface area contributed by atoms with Crippen molar-refractivity contribution in [1.29, 1.82) is 0 Å². The maximum atomic E-state index is 12.6. The normalized spacial score (nSPS) is 10.8. The largest absolute Gasteiger partial charge is 0.508 e. The molecule has 0 bridgehead atoms. The van der Waals surface area contributed by atoms with Crippen LogP contribution in [0.2, 0.25) is 0 Å². The van der Waals surface area contributed by atoms with E-state index in [1.165, 1.54) is 26.0 Å². The highest BCUT2D eigenvalue weighted by Crippen LogP contribution is 2.37. The van der Waals surface area contributed by atoms with E-state index < -0.39 is 11.9 Å². The van der Waals surface area contributed by atoms with Crippen LogP contribution in [-0.4, -0.2) is 33.4 Å². The molecule has 0 radical (unpaired) electrons. The number of hydrogen-bond donors (Lipinski definition) is 3. The fourth-order valence-corrected chi connectivity index (χ4v) is 2.79. The molecule has 0 aliphatic rings. The third-order valence-corrected chi connectivity index (χ3v) is 4.38. The monoisotopic (exact) mass is 388 g/mol. The molecule has 2 aromatic rings. The van der Waals surface area contributed by atoms with E-state index in [4.69, 9.17) is 9.47 Å². The summed E-state index contributed by atoms with van der Waals surface area (Å²) in [6.07, 6.45) is -0.354. The molecule has 0 aliphatic heterocycles. The number of ether oxygens (including phenoxy) is 2. The first-order chi connectivity index (χ1) is 13.0. The van der Waals surface area contributed by atoms with Gasteiger partial charge in [0.2, 0.25) is 0 Å². The summed E-state index contributed by atoms with van der Waals surface area (Å²) in [5.41, 5.74) is 0.962. The van der Waals surface area contributed by atoms with Gasteiger partial charge in [0.25, 0.3) is 0 Å². The van der Waals surface area contributed by atoms with Crippen molar-refractivity contribution in [3.63, 3.8) is 0 Å². The number of phenolic OH excluding ortho intramolecular Hbond substituents is 3. The van der Waals surface area contributed by atoms with E-state index in [0.717, 1.165) is 0 Å². The average molecular weight is 388 g/mol. The van der Waals surface area contributed by atoms with Gasteiger partial charge in [-0.15, -0.1) is 0 Å². The van der Waals surface area contributed by atoms with Gasteiger partial charge in [0.05, 0.1) is 6.10 Å². The maximum Gasteiger partial charge on any atom is 0.347 e. The molecule has 7 heteroatoms. The van der Waals surface area contributed by atoms with E-state index in [2.05, 4.69) is 0 Å². The summed E-state index contributed by atoms with van der Waals surface area (Å²) in [4.78, 5) is 24.8. The van der Waals surface area contributed by atoms with Crippen LogP contribution in [0.1, 0.15) is 56.8 Å². The Morgan fingerprint density at radius 2 is 1.32 bits per heavy atom. The highest BCUT2D eigenvalue weighted by molar-refractivity contribution is 5.98.